The van der Waals surface area contributed by atoms with Gasteiger partial charge in [0.15, 0.2) is 0 Å². The average molecular weight is 201 g/mol. The van der Waals surface area contributed by atoms with Crippen LogP contribution in [0.4, 0.5) is 0 Å². The number of rotatable bonds is 2. The molecule has 0 saturated carbocycles. The normalized spacial score (nSPS) is 10.2. The number of aliphatic hydroxyl groups excluding tert-OH is 1. The fraction of sp³-hybridized carbons (Fsp3) is 0.400. The number of aryl methyl sites for hydroxylation is 1. The number of methoxy groups -OCH3 is 1. The van der Waals surface area contributed by atoms with Crippen molar-refractivity contribution in [1.29, 1.82) is 0 Å². The van der Waals surface area contributed by atoms with Gasteiger partial charge in [-0.3, -0.25) is 0 Å². The fourth-order valence-electron chi connectivity index (χ4n) is 1.33. The molecule has 1 aromatic carbocycles. The molecular formula is C10H13ClO2. The number of ether oxygens (including phenoxy) is 1. The molecule has 0 spiro atoms. The maximum Gasteiger partial charge on any atom is 0.140 e. The lowest BCUT2D eigenvalue weighted by molar-refractivity contribution is 0.280. The van der Waals surface area contributed by atoms with Crippen LogP contribution in [-0.2, 0) is 6.61 Å². The van der Waals surface area contributed by atoms with Crippen LogP contribution in [0.2, 0.25) is 5.02 Å². The predicted octanol–water partition coefficient (Wildman–Crippen LogP) is 2.46. The zero-order valence-electron chi connectivity index (χ0n) is 8.02. The molecule has 1 aromatic rings. The monoisotopic (exact) mass is 200 g/mol. The van der Waals surface area contributed by atoms with E-state index in [0.717, 1.165) is 16.7 Å². The molecule has 72 valence electrons. The van der Waals surface area contributed by atoms with E-state index in [-0.39, 0.29) is 6.61 Å². The zero-order chi connectivity index (χ0) is 10.0. The van der Waals surface area contributed by atoms with E-state index in [1.54, 1.807) is 7.11 Å². The van der Waals surface area contributed by atoms with E-state index < -0.39 is 0 Å². The third-order valence-electron chi connectivity index (χ3n) is 2.13. The summed E-state index contributed by atoms with van der Waals surface area (Å²) >= 11 is 6.02. The average Bonchev–Trinajstić information content (AvgIpc) is 2.12. The minimum absolute atomic E-state index is 0.0141. The third kappa shape index (κ3) is 1.79. The second-order valence-electron chi connectivity index (χ2n) is 2.98. The molecule has 0 bridgehead atoms. The van der Waals surface area contributed by atoms with Crippen LogP contribution in [0, 0.1) is 13.8 Å². The number of benzene rings is 1. The van der Waals surface area contributed by atoms with E-state index in [0.29, 0.717) is 10.8 Å². The van der Waals surface area contributed by atoms with Gasteiger partial charge in [-0.1, -0.05) is 17.7 Å². The first-order valence-electron chi connectivity index (χ1n) is 4.05. The molecule has 0 fully saturated rings. The third-order valence-corrected chi connectivity index (χ3v) is 2.60. The minimum Gasteiger partial charge on any atom is -0.495 e. The number of aliphatic hydroxyl groups is 1. The molecule has 3 heteroatoms. The van der Waals surface area contributed by atoms with Crippen molar-refractivity contribution in [1.82, 2.24) is 0 Å². The number of hydrogen-bond donors (Lipinski definition) is 1. The van der Waals surface area contributed by atoms with Crippen LogP contribution < -0.4 is 4.74 Å². The van der Waals surface area contributed by atoms with Crippen molar-refractivity contribution >= 4 is 11.6 Å². The van der Waals surface area contributed by atoms with Gasteiger partial charge in [0.25, 0.3) is 0 Å². The lowest BCUT2D eigenvalue weighted by Crippen LogP contribution is -1.96. The van der Waals surface area contributed by atoms with Gasteiger partial charge in [0.1, 0.15) is 5.75 Å². The topological polar surface area (TPSA) is 29.5 Å². The fourth-order valence-corrected chi connectivity index (χ4v) is 1.60. The summed E-state index contributed by atoms with van der Waals surface area (Å²) in [6.07, 6.45) is 0. The first-order valence-corrected chi connectivity index (χ1v) is 4.43. The quantitative estimate of drug-likeness (QED) is 0.795. The molecule has 0 atom stereocenters. The van der Waals surface area contributed by atoms with E-state index in [4.69, 9.17) is 21.4 Å². The van der Waals surface area contributed by atoms with Gasteiger partial charge in [-0.2, -0.15) is 0 Å². The second-order valence-corrected chi connectivity index (χ2v) is 3.36. The predicted molar refractivity (Wildman–Crippen MR) is 53.4 cm³/mol. The van der Waals surface area contributed by atoms with Crippen LogP contribution in [0.3, 0.4) is 0 Å². The van der Waals surface area contributed by atoms with Crippen LogP contribution in [-0.4, -0.2) is 12.2 Å². The summed E-state index contributed by atoms with van der Waals surface area (Å²) in [5.74, 6) is 0.658. The van der Waals surface area contributed by atoms with Crippen LogP contribution in [0.5, 0.6) is 5.75 Å². The first-order chi connectivity index (χ1) is 6.11. The highest BCUT2D eigenvalue weighted by Crippen LogP contribution is 2.33. The lowest BCUT2D eigenvalue weighted by atomic mass is 10.0. The van der Waals surface area contributed by atoms with Crippen molar-refractivity contribution in [2.45, 2.75) is 20.5 Å². The minimum atomic E-state index is 0.0141. The Morgan fingerprint density at radius 1 is 1.46 bits per heavy atom. The van der Waals surface area contributed by atoms with Crippen LogP contribution >= 0.6 is 11.6 Å². The maximum absolute atomic E-state index is 9.06. The van der Waals surface area contributed by atoms with Gasteiger partial charge in [-0.15, -0.1) is 0 Å². The molecule has 0 amide bonds. The molecule has 0 heterocycles. The largest absolute Gasteiger partial charge is 0.495 e. The molecule has 0 saturated heterocycles. The maximum atomic E-state index is 9.06. The van der Waals surface area contributed by atoms with Gasteiger partial charge < -0.3 is 9.84 Å². The zero-order valence-corrected chi connectivity index (χ0v) is 8.77. The molecule has 0 aromatic heterocycles. The molecule has 1 N–H and O–H groups in total. The Bertz CT molecular complexity index is 321. The van der Waals surface area contributed by atoms with Gasteiger partial charge in [-0.25, -0.2) is 0 Å². The Kier molecular flexibility index (Phi) is 3.17. The number of halogens is 1. The lowest BCUT2D eigenvalue weighted by Gasteiger charge is -2.12. The molecule has 0 radical (unpaired) electrons. The van der Waals surface area contributed by atoms with Crippen molar-refractivity contribution < 1.29 is 9.84 Å². The Hall–Kier alpha value is -0.730. The molecule has 0 aliphatic rings. The van der Waals surface area contributed by atoms with E-state index in [2.05, 4.69) is 0 Å². The Balaban J connectivity index is 3.39. The highest BCUT2D eigenvalue weighted by atomic mass is 35.5. The van der Waals surface area contributed by atoms with Crippen molar-refractivity contribution in [3.63, 3.8) is 0 Å². The van der Waals surface area contributed by atoms with Crippen LogP contribution in [0.25, 0.3) is 0 Å². The molecule has 2 nitrogen and oxygen atoms in total. The van der Waals surface area contributed by atoms with Gasteiger partial charge in [0.2, 0.25) is 0 Å². The van der Waals surface area contributed by atoms with E-state index in [1.807, 2.05) is 19.9 Å². The Morgan fingerprint density at radius 2 is 2.08 bits per heavy atom. The second kappa shape index (κ2) is 3.99. The summed E-state index contributed by atoms with van der Waals surface area (Å²) in [4.78, 5) is 0. The van der Waals surface area contributed by atoms with Gasteiger partial charge in [-0.05, 0) is 30.5 Å². The summed E-state index contributed by atoms with van der Waals surface area (Å²) in [7, 11) is 1.58. The highest BCUT2D eigenvalue weighted by Gasteiger charge is 2.11. The van der Waals surface area contributed by atoms with Crippen molar-refractivity contribution in [3.05, 3.63) is 27.8 Å². The summed E-state index contributed by atoms with van der Waals surface area (Å²) in [5.41, 5.74) is 2.69. The summed E-state index contributed by atoms with van der Waals surface area (Å²) in [6, 6.07) is 1.88. The summed E-state index contributed by atoms with van der Waals surface area (Å²) < 4.78 is 5.16. The van der Waals surface area contributed by atoms with Crippen molar-refractivity contribution in [2.24, 2.45) is 0 Å². The van der Waals surface area contributed by atoms with Crippen molar-refractivity contribution in [3.8, 4) is 5.75 Å². The first kappa shape index (κ1) is 10.4. The van der Waals surface area contributed by atoms with E-state index in [1.165, 1.54) is 0 Å². The smallest absolute Gasteiger partial charge is 0.140 e. The van der Waals surface area contributed by atoms with Crippen molar-refractivity contribution in [2.75, 3.05) is 7.11 Å². The van der Waals surface area contributed by atoms with E-state index >= 15 is 0 Å². The molecule has 1 rings (SSSR count). The molecular weight excluding hydrogens is 188 g/mol. The standard InChI is InChI=1S/C10H13ClO2/c1-6-4-8(5-12)7(2)10(13-3)9(6)11/h4,12H,5H2,1-3H3. The summed E-state index contributed by atoms with van der Waals surface area (Å²) in [5, 5.41) is 9.68. The molecule has 0 unspecified atom stereocenters. The molecule has 13 heavy (non-hydrogen) atoms. The van der Waals surface area contributed by atoms with Gasteiger partial charge >= 0.3 is 0 Å². The Morgan fingerprint density at radius 3 is 2.54 bits per heavy atom. The van der Waals surface area contributed by atoms with Crippen LogP contribution in [0.15, 0.2) is 6.07 Å². The summed E-state index contributed by atoms with van der Waals surface area (Å²) in [6.45, 7) is 3.79. The highest BCUT2D eigenvalue weighted by molar-refractivity contribution is 6.33. The van der Waals surface area contributed by atoms with Gasteiger partial charge in [0, 0.05) is 0 Å². The van der Waals surface area contributed by atoms with Crippen LogP contribution in [0.1, 0.15) is 16.7 Å². The SMILES string of the molecule is COc1c(C)c(CO)cc(C)c1Cl. The van der Waals surface area contributed by atoms with Gasteiger partial charge in [0.05, 0.1) is 18.7 Å². The molecule has 0 aliphatic heterocycles. The number of hydrogen-bond acceptors (Lipinski definition) is 2. The van der Waals surface area contributed by atoms with E-state index in [9.17, 15) is 0 Å². The molecule has 0 aliphatic carbocycles. The Labute approximate surface area is 83.1 Å².